The van der Waals surface area contributed by atoms with Gasteiger partial charge in [0, 0.05) is 31.1 Å². The van der Waals surface area contributed by atoms with Crippen LogP contribution in [0.25, 0.3) is 0 Å². The summed E-state index contributed by atoms with van der Waals surface area (Å²) in [6.07, 6.45) is 3.78. The van der Waals surface area contributed by atoms with E-state index in [2.05, 4.69) is 25.9 Å². The molecule has 0 radical (unpaired) electrons. The molecule has 1 aromatic heterocycles. The highest BCUT2D eigenvalue weighted by Crippen LogP contribution is 2.36. The molecular weight excluding hydrogens is 438 g/mol. The van der Waals surface area contributed by atoms with E-state index >= 15 is 0 Å². The molecule has 4 N–H and O–H groups in total. The summed E-state index contributed by atoms with van der Waals surface area (Å²) < 4.78 is 10.5. The number of nitrogens with one attached hydrogen (secondary N) is 4. The van der Waals surface area contributed by atoms with Crippen molar-refractivity contribution >= 4 is 35.0 Å². The molecular formula is C21H26ClN5O5. The molecule has 0 aliphatic heterocycles. The van der Waals surface area contributed by atoms with Crippen molar-refractivity contribution in [2.24, 2.45) is 5.92 Å². The lowest BCUT2D eigenvalue weighted by atomic mass is 9.85. The zero-order valence-electron chi connectivity index (χ0n) is 18.1. The first-order valence-corrected chi connectivity index (χ1v) is 10.5. The summed E-state index contributed by atoms with van der Waals surface area (Å²) in [7, 11) is 4.49. The number of anilines is 1. The Bertz CT molecular complexity index is 1000. The highest BCUT2D eigenvalue weighted by Gasteiger charge is 2.29. The van der Waals surface area contributed by atoms with Crippen LogP contribution in [0.1, 0.15) is 46.7 Å². The van der Waals surface area contributed by atoms with E-state index in [9.17, 15) is 14.4 Å². The van der Waals surface area contributed by atoms with Crippen LogP contribution in [0.15, 0.2) is 18.5 Å². The lowest BCUT2D eigenvalue weighted by Crippen LogP contribution is -2.40. The number of methoxy groups -OCH3 is 2. The summed E-state index contributed by atoms with van der Waals surface area (Å²) >= 11 is 6.26. The quantitative estimate of drug-likeness (QED) is 0.498. The van der Waals surface area contributed by atoms with Gasteiger partial charge in [-0.25, -0.2) is 4.98 Å². The molecule has 0 atom stereocenters. The maximum absolute atomic E-state index is 12.8. The largest absolute Gasteiger partial charge is 0.493 e. The Hall–Kier alpha value is -3.27. The van der Waals surface area contributed by atoms with Crippen LogP contribution in [0.2, 0.25) is 5.02 Å². The van der Waals surface area contributed by atoms with E-state index in [1.165, 1.54) is 27.6 Å². The van der Waals surface area contributed by atoms with Gasteiger partial charge >= 0.3 is 0 Å². The van der Waals surface area contributed by atoms with Crippen LogP contribution in [0.3, 0.4) is 0 Å². The number of hydrogen-bond donors (Lipinski definition) is 4. The minimum Gasteiger partial charge on any atom is -0.493 e. The molecule has 1 fully saturated rings. The molecule has 1 aliphatic rings. The van der Waals surface area contributed by atoms with Crippen LogP contribution >= 0.6 is 11.6 Å². The molecule has 0 spiro atoms. The number of carbonyl (C=O) groups is 3. The van der Waals surface area contributed by atoms with Crippen molar-refractivity contribution in [1.29, 1.82) is 0 Å². The standard InChI is InChI=1S/C21H26ClN5O5/c1-23-20(29)17-18(25-10-24-17)21(30)26-12-6-4-11(5-7-12)19(28)27-14-9-16(32-3)15(31-2)8-13(14)22/h8-12H,4-7H2,1-3H3,(H,23,29)(H,24,25)(H,26,30)(H,27,28)/t11-,12-. The Morgan fingerprint density at radius 3 is 2.34 bits per heavy atom. The van der Waals surface area contributed by atoms with Gasteiger partial charge in [0.2, 0.25) is 5.91 Å². The molecule has 11 heteroatoms. The zero-order valence-corrected chi connectivity index (χ0v) is 18.8. The van der Waals surface area contributed by atoms with Gasteiger partial charge in [0.25, 0.3) is 11.8 Å². The van der Waals surface area contributed by atoms with E-state index < -0.39 is 11.8 Å². The van der Waals surface area contributed by atoms with E-state index in [0.29, 0.717) is 47.9 Å². The van der Waals surface area contributed by atoms with Crippen LogP contribution in [-0.4, -0.2) is 55.0 Å². The monoisotopic (exact) mass is 463 g/mol. The van der Waals surface area contributed by atoms with Crippen LogP contribution in [-0.2, 0) is 4.79 Å². The fourth-order valence-corrected chi connectivity index (χ4v) is 3.90. The molecule has 3 rings (SSSR count). The second-order valence-corrected chi connectivity index (χ2v) is 7.81. The van der Waals surface area contributed by atoms with Crippen molar-refractivity contribution < 1.29 is 23.9 Å². The molecule has 172 valence electrons. The number of H-pyrrole nitrogens is 1. The third-order valence-corrected chi connectivity index (χ3v) is 5.79. The number of benzene rings is 1. The third-order valence-electron chi connectivity index (χ3n) is 5.47. The van der Waals surface area contributed by atoms with Crippen LogP contribution < -0.4 is 25.4 Å². The number of aromatic amines is 1. The number of carbonyl (C=O) groups excluding carboxylic acids is 3. The molecule has 10 nitrogen and oxygen atoms in total. The van der Waals surface area contributed by atoms with Crippen molar-refractivity contribution in [1.82, 2.24) is 20.6 Å². The van der Waals surface area contributed by atoms with Crippen molar-refractivity contribution in [3.8, 4) is 11.5 Å². The van der Waals surface area contributed by atoms with Gasteiger partial charge in [-0.15, -0.1) is 0 Å². The highest BCUT2D eigenvalue weighted by molar-refractivity contribution is 6.34. The van der Waals surface area contributed by atoms with Crippen LogP contribution in [0, 0.1) is 5.92 Å². The molecule has 32 heavy (non-hydrogen) atoms. The van der Waals surface area contributed by atoms with E-state index in [4.69, 9.17) is 21.1 Å². The van der Waals surface area contributed by atoms with Crippen molar-refractivity contribution in [2.45, 2.75) is 31.7 Å². The van der Waals surface area contributed by atoms with Gasteiger partial charge in [-0.2, -0.15) is 0 Å². The summed E-state index contributed by atoms with van der Waals surface area (Å²) in [4.78, 5) is 43.7. The summed E-state index contributed by atoms with van der Waals surface area (Å²) in [6, 6.07) is 3.11. The average Bonchev–Trinajstić information content (AvgIpc) is 3.30. The van der Waals surface area contributed by atoms with E-state index in [1.54, 1.807) is 12.1 Å². The molecule has 2 aromatic rings. The number of imidazole rings is 1. The van der Waals surface area contributed by atoms with Gasteiger partial charge in [-0.05, 0) is 25.7 Å². The topological polar surface area (TPSA) is 134 Å². The van der Waals surface area contributed by atoms with E-state index in [0.717, 1.165) is 0 Å². The molecule has 1 aliphatic carbocycles. The zero-order chi connectivity index (χ0) is 23.3. The number of ether oxygens (including phenoxy) is 2. The predicted molar refractivity (Wildman–Crippen MR) is 118 cm³/mol. The van der Waals surface area contributed by atoms with Gasteiger partial charge in [0.15, 0.2) is 17.2 Å². The van der Waals surface area contributed by atoms with Gasteiger partial charge in [-0.1, -0.05) is 11.6 Å². The second kappa shape index (κ2) is 10.4. The fraction of sp³-hybridized carbons (Fsp3) is 0.429. The summed E-state index contributed by atoms with van der Waals surface area (Å²) in [5.74, 6) is -0.242. The lowest BCUT2D eigenvalue weighted by Gasteiger charge is -2.28. The molecule has 1 heterocycles. The molecule has 1 saturated carbocycles. The number of hydrogen-bond acceptors (Lipinski definition) is 6. The molecule has 0 unspecified atom stereocenters. The SMILES string of the molecule is CNC(=O)c1nc[nH]c1C(=O)N[C@H]1CC[C@H](C(=O)Nc2cc(OC)c(OC)cc2Cl)CC1. The van der Waals surface area contributed by atoms with Crippen LogP contribution in [0.4, 0.5) is 5.69 Å². The molecule has 0 bridgehead atoms. The maximum atomic E-state index is 12.8. The first kappa shape index (κ1) is 23.4. The lowest BCUT2D eigenvalue weighted by molar-refractivity contribution is -0.120. The normalized spacial score (nSPS) is 17.9. The second-order valence-electron chi connectivity index (χ2n) is 7.40. The van der Waals surface area contributed by atoms with Crippen molar-refractivity contribution in [3.63, 3.8) is 0 Å². The Morgan fingerprint density at radius 1 is 1.06 bits per heavy atom. The number of nitrogens with zero attached hydrogens (tertiary/aromatic N) is 1. The number of rotatable bonds is 7. The Morgan fingerprint density at radius 2 is 1.72 bits per heavy atom. The van der Waals surface area contributed by atoms with Crippen LogP contribution in [0.5, 0.6) is 11.5 Å². The summed E-state index contributed by atoms with van der Waals surface area (Å²) in [5, 5.41) is 8.57. The first-order chi connectivity index (χ1) is 15.4. The number of aromatic nitrogens is 2. The summed E-state index contributed by atoms with van der Waals surface area (Å²) in [6.45, 7) is 0. The fourth-order valence-electron chi connectivity index (χ4n) is 3.70. The van der Waals surface area contributed by atoms with Crippen molar-refractivity contribution in [2.75, 3.05) is 26.6 Å². The third kappa shape index (κ3) is 5.13. The Kier molecular flexibility index (Phi) is 7.57. The molecule has 0 saturated heterocycles. The van der Waals surface area contributed by atoms with E-state index in [1.807, 2.05) is 0 Å². The Balaban J connectivity index is 1.56. The number of halogens is 1. The molecule has 1 aromatic carbocycles. The predicted octanol–water partition coefficient (Wildman–Crippen LogP) is 2.37. The highest BCUT2D eigenvalue weighted by atomic mass is 35.5. The minimum atomic E-state index is -0.439. The minimum absolute atomic E-state index is 0.0462. The summed E-state index contributed by atoms with van der Waals surface area (Å²) in [5.41, 5.74) is 0.614. The van der Waals surface area contributed by atoms with Gasteiger partial charge in [0.1, 0.15) is 5.69 Å². The van der Waals surface area contributed by atoms with E-state index in [-0.39, 0.29) is 29.3 Å². The smallest absolute Gasteiger partial charge is 0.272 e. The first-order valence-electron chi connectivity index (χ1n) is 10.2. The van der Waals surface area contributed by atoms with Gasteiger partial charge < -0.3 is 30.4 Å². The van der Waals surface area contributed by atoms with Gasteiger partial charge in [-0.3, -0.25) is 14.4 Å². The molecule has 3 amide bonds. The number of amides is 3. The Labute approximate surface area is 190 Å². The average molecular weight is 464 g/mol. The van der Waals surface area contributed by atoms with Gasteiger partial charge in [0.05, 0.1) is 31.3 Å². The van der Waals surface area contributed by atoms with Crippen molar-refractivity contribution in [3.05, 3.63) is 34.9 Å². The maximum Gasteiger partial charge on any atom is 0.272 e.